The summed E-state index contributed by atoms with van der Waals surface area (Å²) in [5, 5.41) is 0. The molecule has 45 heavy (non-hydrogen) atoms. The molecule has 0 aliphatic heterocycles. The third-order valence-electron chi connectivity index (χ3n) is 6.00. The van der Waals surface area contributed by atoms with Crippen molar-refractivity contribution in [3.63, 3.8) is 0 Å². The Morgan fingerprint density at radius 1 is 0.667 bits per heavy atom. The van der Waals surface area contributed by atoms with Crippen LogP contribution in [0.4, 0.5) is 0 Å². The Balaban J connectivity index is 2.01. The van der Waals surface area contributed by atoms with Crippen molar-refractivity contribution in [2.45, 2.75) is 33.0 Å². The number of benzene rings is 3. The molecule has 0 N–H and O–H groups in total. The smallest absolute Gasteiger partial charge is 0.331 e. The maximum atomic E-state index is 13.3. The molecule has 238 valence electrons. The first-order valence-corrected chi connectivity index (χ1v) is 13.6. The van der Waals surface area contributed by atoms with Crippen LogP contribution >= 0.6 is 0 Å². The third kappa shape index (κ3) is 10.0. The number of ether oxygens (including phenoxy) is 8. The number of carbonyl (C=O) groups excluding carboxylic acids is 4. The highest BCUT2D eigenvalue weighted by Gasteiger charge is 2.32. The molecule has 0 fully saturated rings. The highest BCUT2D eigenvalue weighted by Crippen LogP contribution is 2.36. The molecule has 0 aliphatic carbocycles. The summed E-state index contributed by atoms with van der Waals surface area (Å²) in [6, 6.07) is 16.1. The minimum atomic E-state index is -1.17. The van der Waals surface area contributed by atoms with Crippen LogP contribution in [-0.4, -0.2) is 57.9 Å². The van der Waals surface area contributed by atoms with E-state index in [1.54, 1.807) is 42.5 Å². The lowest BCUT2D eigenvalue weighted by molar-refractivity contribution is -0.154. The van der Waals surface area contributed by atoms with Gasteiger partial charge in [0.25, 0.3) is 0 Å². The molecule has 0 spiro atoms. The van der Waals surface area contributed by atoms with Crippen molar-refractivity contribution >= 4 is 30.0 Å². The molecular formula is C33H34O12. The molecule has 3 aromatic rings. The largest absolute Gasteiger partial charge is 0.493 e. The summed E-state index contributed by atoms with van der Waals surface area (Å²) in [5.74, 6) is -0.898. The Morgan fingerprint density at radius 3 is 1.82 bits per heavy atom. The molecule has 12 heteroatoms. The van der Waals surface area contributed by atoms with Crippen molar-refractivity contribution < 1.29 is 57.1 Å². The first-order valence-electron chi connectivity index (χ1n) is 13.6. The second kappa shape index (κ2) is 16.4. The summed E-state index contributed by atoms with van der Waals surface area (Å²) >= 11 is 0. The second-order valence-electron chi connectivity index (χ2n) is 9.31. The summed E-state index contributed by atoms with van der Waals surface area (Å²) in [6.45, 7) is 3.45. The number of esters is 4. The lowest BCUT2D eigenvalue weighted by Gasteiger charge is -2.28. The molecule has 0 amide bonds. The first-order chi connectivity index (χ1) is 21.5. The van der Waals surface area contributed by atoms with Gasteiger partial charge >= 0.3 is 23.9 Å². The van der Waals surface area contributed by atoms with Gasteiger partial charge < -0.3 is 37.9 Å². The predicted octanol–water partition coefficient (Wildman–Crippen LogP) is 4.87. The van der Waals surface area contributed by atoms with E-state index in [4.69, 9.17) is 37.9 Å². The van der Waals surface area contributed by atoms with E-state index in [2.05, 4.69) is 0 Å². The van der Waals surface area contributed by atoms with Crippen LogP contribution < -0.4 is 28.4 Å². The van der Waals surface area contributed by atoms with Crippen LogP contribution in [0.5, 0.6) is 34.5 Å². The summed E-state index contributed by atoms with van der Waals surface area (Å²) in [6.07, 6.45) is 0.415. The number of para-hydroxylation sites is 2. The topological polar surface area (TPSA) is 142 Å². The zero-order valence-corrected chi connectivity index (χ0v) is 25.7. The normalized spacial score (nSPS) is 12.0. The third-order valence-corrected chi connectivity index (χ3v) is 6.00. The van der Waals surface area contributed by atoms with Crippen LogP contribution in [0.25, 0.3) is 6.08 Å². The Labute approximate surface area is 260 Å². The number of rotatable bonds is 14. The molecule has 0 aliphatic rings. The molecule has 3 rings (SSSR count). The zero-order chi connectivity index (χ0) is 32.9. The molecular weight excluding hydrogens is 588 g/mol. The molecule has 0 radical (unpaired) electrons. The summed E-state index contributed by atoms with van der Waals surface area (Å²) in [7, 11) is 4.27. The standard InChI is InChI=1S/C33H34O12/c1-20(34)41-19-31(44-26-10-8-7-9-25(26)38-4)33(24-13-15-28(43-22(3)36)30(18-24)40-6)45-32(37)16-12-23-11-14-27(42-21(2)35)29(17-23)39-5/h7-18,31,33H,19H2,1-6H3/b16-12+/t31-,33-/m1/s1. The van der Waals surface area contributed by atoms with Crippen LogP contribution in [0.3, 0.4) is 0 Å². The van der Waals surface area contributed by atoms with E-state index in [1.165, 1.54) is 72.5 Å². The van der Waals surface area contributed by atoms with Crippen LogP contribution in [0, 0.1) is 0 Å². The molecule has 12 nitrogen and oxygen atoms in total. The van der Waals surface area contributed by atoms with E-state index in [0.717, 1.165) is 0 Å². The van der Waals surface area contributed by atoms with Crippen molar-refractivity contribution in [1.29, 1.82) is 0 Å². The Kier molecular flexibility index (Phi) is 12.4. The van der Waals surface area contributed by atoms with E-state index in [0.29, 0.717) is 22.6 Å². The Hall–Kier alpha value is -5.52. The van der Waals surface area contributed by atoms with Crippen molar-refractivity contribution in [2.75, 3.05) is 27.9 Å². The van der Waals surface area contributed by atoms with Gasteiger partial charge in [-0.1, -0.05) is 24.3 Å². The van der Waals surface area contributed by atoms with E-state index in [1.807, 2.05) is 0 Å². The summed E-state index contributed by atoms with van der Waals surface area (Å²) in [5.41, 5.74) is 0.925. The summed E-state index contributed by atoms with van der Waals surface area (Å²) < 4.78 is 43.9. The van der Waals surface area contributed by atoms with Crippen molar-refractivity contribution in [3.05, 3.63) is 77.9 Å². The van der Waals surface area contributed by atoms with E-state index < -0.39 is 36.1 Å². The number of hydrogen-bond acceptors (Lipinski definition) is 12. The van der Waals surface area contributed by atoms with Crippen LogP contribution in [0.2, 0.25) is 0 Å². The highest BCUT2D eigenvalue weighted by atomic mass is 16.6. The van der Waals surface area contributed by atoms with Crippen molar-refractivity contribution in [2.24, 2.45) is 0 Å². The van der Waals surface area contributed by atoms with Gasteiger partial charge in [-0.3, -0.25) is 14.4 Å². The van der Waals surface area contributed by atoms with Gasteiger partial charge in [-0.05, 0) is 48.0 Å². The number of methoxy groups -OCH3 is 3. The SMILES string of the molecule is COc1cc(/C=C/C(=O)O[C@H](c2ccc(OC(C)=O)c(OC)c2)[C@@H](COC(C)=O)Oc2ccccc2OC)ccc1OC(C)=O. The molecule has 0 unspecified atom stereocenters. The maximum Gasteiger partial charge on any atom is 0.331 e. The number of hydrogen-bond donors (Lipinski definition) is 0. The van der Waals surface area contributed by atoms with Gasteiger partial charge in [-0.2, -0.15) is 0 Å². The summed E-state index contributed by atoms with van der Waals surface area (Å²) in [4.78, 5) is 48.0. The molecule has 0 aromatic heterocycles. The highest BCUT2D eigenvalue weighted by molar-refractivity contribution is 5.87. The Morgan fingerprint density at radius 2 is 1.24 bits per heavy atom. The minimum absolute atomic E-state index is 0.145. The van der Waals surface area contributed by atoms with Crippen molar-refractivity contribution in [3.8, 4) is 34.5 Å². The zero-order valence-electron chi connectivity index (χ0n) is 25.7. The van der Waals surface area contributed by atoms with Crippen LogP contribution in [0.15, 0.2) is 66.7 Å². The fourth-order valence-electron chi connectivity index (χ4n) is 4.08. The fourth-order valence-corrected chi connectivity index (χ4v) is 4.08. The van der Waals surface area contributed by atoms with E-state index >= 15 is 0 Å². The van der Waals surface area contributed by atoms with Crippen LogP contribution in [0.1, 0.15) is 38.0 Å². The van der Waals surface area contributed by atoms with Gasteiger partial charge in [-0.25, -0.2) is 4.79 Å². The first kappa shape index (κ1) is 34.0. The maximum absolute atomic E-state index is 13.3. The Bertz CT molecular complexity index is 1540. The molecule has 3 aromatic carbocycles. The molecule has 0 saturated heterocycles. The molecule has 2 atom stereocenters. The monoisotopic (exact) mass is 622 g/mol. The average Bonchev–Trinajstić information content (AvgIpc) is 3.01. The van der Waals surface area contributed by atoms with Gasteiger partial charge in [0.1, 0.15) is 6.61 Å². The minimum Gasteiger partial charge on any atom is -0.493 e. The van der Waals surface area contributed by atoms with Gasteiger partial charge in [0.15, 0.2) is 46.7 Å². The second-order valence-corrected chi connectivity index (χ2v) is 9.31. The van der Waals surface area contributed by atoms with Gasteiger partial charge in [0.05, 0.1) is 21.3 Å². The predicted molar refractivity (Wildman–Crippen MR) is 161 cm³/mol. The lowest BCUT2D eigenvalue weighted by atomic mass is 10.0. The molecule has 0 heterocycles. The van der Waals surface area contributed by atoms with E-state index in [-0.39, 0.29) is 29.6 Å². The van der Waals surface area contributed by atoms with Gasteiger partial charge in [-0.15, -0.1) is 0 Å². The molecule has 0 bridgehead atoms. The van der Waals surface area contributed by atoms with Crippen LogP contribution in [-0.2, 0) is 28.7 Å². The molecule has 0 saturated carbocycles. The fraction of sp³-hybridized carbons (Fsp3) is 0.273. The quantitative estimate of drug-likeness (QED) is 0.137. The average molecular weight is 623 g/mol. The van der Waals surface area contributed by atoms with Gasteiger partial charge in [0.2, 0.25) is 0 Å². The van der Waals surface area contributed by atoms with Crippen molar-refractivity contribution in [1.82, 2.24) is 0 Å². The van der Waals surface area contributed by atoms with E-state index in [9.17, 15) is 19.2 Å². The number of carbonyl (C=O) groups is 4. The van der Waals surface area contributed by atoms with Gasteiger partial charge in [0, 0.05) is 32.4 Å². The lowest BCUT2D eigenvalue weighted by Crippen LogP contribution is -2.34.